The maximum absolute atomic E-state index is 13.9. The summed E-state index contributed by atoms with van der Waals surface area (Å²) in [4.78, 5) is 15.9. The molecule has 1 aromatic carbocycles. The highest BCUT2D eigenvalue weighted by Gasteiger charge is 2.10. The summed E-state index contributed by atoms with van der Waals surface area (Å²) in [6, 6.07) is 6.03. The van der Waals surface area contributed by atoms with Crippen molar-refractivity contribution in [1.29, 1.82) is 0 Å². The number of anilines is 1. The molecule has 1 amide bonds. The summed E-state index contributed by atoms with van der Waals surface area (Å²) in [5.41, 5.74) is 7.09. The predicted molar refractivity (Wildman–Crippen MR) is 79.3 cm³/mol. The fourth-order valence-corrected chi connectivity index (χ4v) is 1.72. The van der Waals surface area contributed by atoms with Gasteiger partial charge in [0.15, 0.2) is 0 Å². The van der Waals surface area contributed by atoms with Crippen molar-refractivity contribution in [2.75, 3.05) is 11.9 Å². The van der Waals surface area contributed by atoms with Crippen LogP contribution in [0.3, 0.4) is 0 Å². The average Bonchev–Trinajstić information content (AvgIpc) is 2.47. The number of nitrogens with two attached hydrogens (primary N) is 1. The number of carbonyl (C=O) groups excluding carboxylic acids is 1. The van der Waals surface area contributed by atoms with Crippen molar-refractivity contribution >= 4 is 11.6 Å². The second kappa shape index (κ2) is 6.64. The summed E-state index contributed by atoms with van der Waals surface area (Å²) < 4.78 is 13.9. The first-order chi connectivity index (χ1) is 10.1. The molecule has 0 spiro atoms. The normalized spacial score (nSPS) is 9.67. The number of aryl methyl sites for hydroxylation is 1. The fraction of sp³-hybridized carbons (Fsp3) is 0.125. The molecule has 2 rings (SSSR count). The van der Waals surface area contributed by atoms with E-state index >= 15 is 0 Å². The molecule has 3 N–H and O–H groups in total. The van der Waals surface area contributed by atoms with E-state index in [-0.39, 0.29) is 12.2 Å². The van der Waals surface area contributed by atoms with Crippen molar-refractivity contribution in [1.82, 2.24) is 4.98 Å². The van der Waals surface area contributed by atoms with Crippen molar-refractivity contribution in [3.63, 3.8) is 0 Å². The quantitative estimate of drug-likeness (QED) is 0.829. The van der Waals surface area contributed by atoms with Crippen molar-refractivity contribution < 1.29 is 9.18 Å². The maximum atomic E-state index is 13.9. The monoisotopic (exact) mass is 283 g/mol. The number of hydrogen-bond donors (Lipinski definition) is 2. The van der Waals surface area contributed by atoms with E-state index in [1.807, 2.05) is 6.92 Å². The van der Waals surface area contributed by atoms with Gasteiger partial charge in [0.2, 0.25) is 0 Å². The van der Waals surface area contributed by atoms with Crippen LogP contribution in [0.15, 0.2) is 36.7 Å². The molecule has 0 saturated heterocycles. The van der Waals surface area contributed by atoms with Crippen LogP contribution < -0.4 is 11.1 Å². The Morgan fingerprint density at radius 1 is 1.38 bits per heavy atom. The van der Waals surface area contributed by atoms with E-state index < -0.39 is 11.7 Å². The minimum Gasteiger partial charge on any atom is -0.320 e. The first kappa shape index (κ1) is 14.7. The SMILES string of the molecule is Cc1cncc(C(=O)Nc2ccc(C#CCN)cc2F)c1. The topological polar surface area (TPSA) is 68.0 Å². The van der Waals surface area contributed by atoms with E-state index in [0.29, 0.717) is 11.1 Å². The summed E-state index contributed by atoms with van der Waals surface area (Å²) in [7, 11) is 0. The number of benzene rings is 1. The highest BCUT2D eigenvalue weighted by atomic mass is 19.1. The van der Waals surface area contributed by atoms with Gasteiger partial charge >= 0.3 is 0 Å². The average molecular weight is 283 g/mol. The molecule has 1 aromatic heterocycles. The predicted octanol–water partition coefficient (Wildman–Crippen LogP) is 2.09. The Kier molecular flexibility index (Phi) is 4.64. The van der Waals surface area contributed by atoms with Gasteiger partial charge in [-0.15, -0.1) is 0 Å². The number of nitrogens with zero attached hydrogens (tertiary/aromatic N) is 1. The number of nitrogens with one attached hydrogen (secondary N) is 1. The lowest BCUT2D eigenvalue weighted by atomic mass is 10.1. The third-order valence-corrected chi connectivity index (χ3v) is 2.69. The molecule has 0 unspecified atom stereocenters. The molecule has 2 aromatic rings. The molecule has 0 aliphatic heterocycles. The Bertz CT molecular complexity index is 732. The van der Waals surface area contributed by atoms with E-state index in [4.69, 9.17) is 5.73 Å². The highest BCUT2D eigenvalue weighted by Crippen LogP contribution is 2.16. The largest absolute Gasteiger partial charge is 0.320 e. The van der Waals surface area contributed by atoms with Crippen LogP contribution in [0.1, 0.15) is 21.5 Å². The lowest BCUT2D eigenvalue weighted by Crippen LogP contribution is -2.13. The van der Waals surface area contributed by atoms with Crippen LogP contribution in [0.25, 0.3) is 0 Å². The summed E-state index contributed by atoms with van der Waals surface area (Å²) in [5.74, 6) is 4.41. The summed E-state index contributed by atoms with van der Waals surface area (Å²) in [6.07, 6.45) is 3.07. The van der Waals surface area contributed by atoms with Gasteiger partial charge in [-0.25, -0.2) is 4.39 Å². The van der Waals surface area contributed by atoms with E-state index in [0.717, 1.165) is 5.56 Å². The third kappa shape index (κ3) is 3.88. The number of hydrogen-bond acceptors (Lipinski definition) is 3. The molecule has 0 atom stereocenters. The maximum Gasteiger partial charge on any atom is 0.257 e. The van der Waals surface area contributed by atoms with Crippen molar-refractivity contribution in [3.8, 4) is 11.8 Å². The number of halogens is 1. The molecule has 0 radical (unpaired) electrons. The fourth-order valence-electron chi connectivity index (χ4n) is 1.72. The van der Waals surface area contributed by atoms with E-state index in [1.165, 1.54) is 18.3 Å². The smallest absolute Gasteiger partial charge is 0.257 e. The number of carbonyl (C=O) groups is 1. The van der Waals surface area contributed by atoms with Crippen molar-refractivity contribution in [2.45, 2.75) is 6.92 Å². The van der Waals surface area contributed by atoms with E-state index in [2.05, 4.69) is 22.1 Å². The lowest BCUT2D eigenvalue weighted by molar-refractivity contribution is 0.102. The molecule has 0 aliphatic rings. The molecule has 21 heavy (non-hydrogen) atoms. The molecule has 0 fully saturated rings. The van der Waals surface area contributed by atoms with Gasteiger partial charge in [-0.3, -0.25) is 9.78 Å². The molecule has 0 bridgehead atoms. The van der Waals surface area contributed by atoms with Gasteiger partial charge in [-0.2, -0.15) is 0 Å². The Hall–Kier alpha value is -2.71. The van der Waals surface area contributed by atoms with Gasteiger partial charge in [0, 0.05) is 18.0 Å². The van der Waals surface area contributed by atoms with E-state index in [9.17, 15) is 9.18 Å². The highest BCUT2D eigenvalue weighted by molar-refractivity contribution is 6.04. The molecular formula is C16H14FN3O. The van der Waals surface area contributed by atoms with Crippen LogP contribution in [0.4, 0.5) is 10.1 Å². The first-order valence-corrected chi connectivity index (χ1v) is 6.31. The summed E-state index contributed by atoms with van der Waals surface area (Å²) >= 11 is 0. The van der Waals surface area contributed by atoms with Gasteiger partial charge < -0.3 is 11.1 Å². The Morgan fingerprint density at radius 3 is 2.86 bits per heavy atom. The van der Waals surface area contributed by atoms with Gasteiger partial charge in [-0.1, -0.05) is 11.8 Å². The number of rotatable bonds is 2. The van der Waals surface area contributed by atoms with Crippen LogP contribution in [0, 0.1) is 24.6 Å². The van der Waals surface area contributed by atoms with Crippen molar-refractivity contribution in [2.24, 2.45) is 5.73 Å². The second-order valence-electron chi connectivity index (χ2n) is 4.41. The van der Waals surface area contributed by atoms with Crippen LogP contribution >= 0.6 is 0 Å². The number of pyridine rings is 1. The Balaban J connectivity index is 2.18. The molecule has 4 nitrogen and oxygen atoms in total. The first-order valence-electron chi connectivity index (χ1n) is 6.31. The zero-order valence-electron chi connectivity index (χ0n) is 11.5. The molecule has 1 heterocycles. The number of amides is 1. The van der Waals surface area contributed by atoms with Crippen LogP contribution in [0.5, 0.6) is 0 Å². The van der Waals surface area contributed by atoms with Gasteiger partial charge in [0.25, 0.3) is 5.91 Å². The van der Waals surface area contributed by atoms with Crippen LogP contribution in [0.2, 0.25) is 0 Å². The standard InChI is InChI=1S/C16H14FN3O/c1-11-7-13(10-19-9-11)16(21)20-15-5-4-12(3-2-6-18)8-14(15)17/h4-5,7-10H,6,18H2,1H3,(H,20,21). The Morgan fingerprint density at radius 2 is 2.19 bits per heavy atom. The minimum absolute atomic E-state index is 0.0970. The van der Waals surface area contributed by atoms with Crippen LogP contribution in [-0.2, 0) is 0 Å². The Labute approximate surface area is 122 Å². The number of aromatic nitrogens is 1. The van der Waals surface area contributed by atoms with Crippen molar-refractivity contribution in [3.05, 3.63) is 59.2 Å². The van der Waals surface area contributed by atoms with Gasteiger partial charge in [0.05, 0.1) is 17.8 Å². The lowest BCUT2D eigenvalue weighted by Gasteiger charge is -2.07. The zero-order chi connectivity index (χ0) is 15.2. The van der Waals surface area contributed by atoms with Gasteiger partial charge in [0.1, 0.15) is 5.82 Å². The minimum atomic E-state index is -0.548. The molecule has 106 valence electrons. The molecule has 0 saturated carbocycles. The van der Waals surface area contributed by atoms with Crippen LogP contribution in [-0.4, -0.2) is 17.4 Å². The molecule has 0 aliphatic carbocycles. The van der Waals surface area contributed by atoms with Gasteiger partial charge in [-0.05, 0) is 36.8 Å². The summed E-state index contributed by atoms with van der Waals surface area (Å²) in [6.45, 7) is 2.04. The van der Waals surface area contributed by atoms with E-state index in [1.54, 1.807) is 18.3 Å². The second-order valence-corrected chi connectivity index (χ2v) is 4.41. The third-order valence-electron chi connectivity index (χ3n) is 2.69. The molecular weight excluding hydrogens is 269 g/mol. The summed E-state index contributed by atoms with van der Waals surface area (Å²) in [5, 5.41) is 2.51. The molecule has 5 heteroatoms. The zero-order valence-corrected chi connectivity index (χ0v) is 11.5.